The minimum Gasteiger partial charge on any atom is -0.699 e. The van der Waals surface area contributed by atoms with Gasteiger partial charge in [0.15, 0.2) is 0 Å². The molecule has 0 amide bonds. The molecule has 0 aliphatic heterocycles. The standard InChI is InChI=1S/C8H7N2O.C7H8O.Y/c9-5-1-2-7-6(3-5)8(11)4-10-7;8-6-7-4-2-1-3-5-7;/h1-4,9-11H;1-5,8H,6H2;/q-1;;. The monoisotopic (exact) mass is 344 g/mol. The van der Waals surface area contributed by atoms with Gasteiger partial charge < -0.3 is 20.9 Å². The number of aromatic nitrogens is 1. The first-order valence-corrected chi connectivity index (χ1v) is 5.87. The van der Waals surface area contributed by atoms with Crippen molar-refractivity contribution in [2.45, 2.75) is 6.61 Å². The third-order valence-corrected chi connectivity index (χ3v) is 2.69. The predicted octanol–water partition coefficient (Wildman–Crippen LogP) is 3.73. The number of aliphatic hydroxyl groups is 1. The summed E-state index contributed by atoms with van der Waals surface area (Å²) in [6.07, 6.45) is 1.52. The van der Waals surface area contributed by atoms with E-state index in [4.69, 9.17) is 10.8 Å². The van der Waals surface area contributed by atoms with E-state index >= 15 is 0 Å². The van der Waals surface area contributed by atoms with Crippen molar-refractivity contribution < 1.29 is 42.9 Å². The van der Waals surface area contributed by atoms with Crippen molar-refractivity contribution in [1.29, 1.82) is 0 Å². The Morgan fingerprint density at radius 2 is 1.75 bits per heavy atom. The van der Waals surface area contributed by atoms with E-state index in [1.54, 1.807) is 18.2 Å². The Morgan fingerprint density at radius 1 is 1.05 bits per heavy atom. The summed E-state index contributed by atoms with van der Waals surface area (Å²) in [5.74, 6) is 0.203. The molecule has 1 radical (unpaired) electrons. The van der Waals surface area contributed by atoms with E-state index in [1.165, 1.54) is 6.20 Å². The Balaban J connectivity index is 0.000000200. The van der Waals surface area contributed by atoms with Gasteiger partial charge in [-0.25, -0.2) is 0 Å². The van der Waals surface area contributed by atoms with Crippen LogP contribution >= 0.6 is 0 Å². The van der Waals surface area contributed by atoms with Gasteiger partial charge in [-0.15, -0.1) is 5.69 Å². The summed E-state index contributed by atoms with van der Waals surface area (Å²) in [5.41, 5.74) is 9.52. The molecule has 2 aromatic carbocycles. The molecule has 3 aromatic rings. The minimum absolute atomic E-state index is 0. The number of hydrogen-bond acceptors (Lipinski definition) is 2. The second-order valence-electron chi connectivity index (χ2n) is 4.08. The zero-order valence-corrected chi connectivity index (χ0v) is 13.7. The van der Waals surface area contributed by atoms with Gasteiger partial charge in [0.05, 0.1) is 6.61 Å². The smallest absolute Gasteiger partial charge is 0.140 e. The molecule has 1 heterocycles. The summed E-state index contributed by atoms with van der Waals surface area (Å²) in [6.45, 7) is 0.140. The van der Waals surface area contributed by atoms with Crippen molar-refractivity contribution in [2.24, 2.45) is 0 Å². The molecule has 20 heavy (non-hydrogen) atoms. The zero-order valence-electron chi connectivity index (χ0n) is 10.9. The van der Waals surface area contributed by atoms with E-state index in [0.29, 0.717) is 11.1 Å². The third-order valence-electron chi connectivity index (χ3n) is 2.69. The van der Waals surface area contributed by atoms with Gasteiger partial charge in [-0.3, -0.25) is 0 Å². The number of hydrogen-bond donors (Lipinski definition) is 3. The maximum absolute atomic E-state index is 9.22. The molecule has 0 saturated carbocycles. The Hall–Kier alpha value is -1.36. The second-order valence-corrected chi connectivity index (χ2v) is 4.08. The first kappa shape index (κ1) is 16.7. The van der Waals surface area contributed by atoms with Gasteiger partial charge in [0.25, 0.3) is 0 Å². The van der Waals surface area contributed by atoms with Crippen LogP contribution in [0.4, 0.5) is 5.69 Å². The Bertz CT molecular complexity index is 653. The van der Waals surface area contributed by atoms with Crippen LogP contribution in [-0.2, 0) is 39.3 Å². The van der Waals surface area contributed by atoms with Crippen LogP contribution in [0.3, 0.4) is 0 Å². The van der Waals surface area contributed by atoms with Crippen LogP contribution < -0.4 is 0 Å². The van der Waals surface area contributed by atoms with E-state index < -0.39 is 0 Å². The van der Waals surface area contributed by atoms with Crippen LogP contribution in [0.2, 0.25) is 0 Å². The molecular formula is C15H15N2O2Y-. The molecule has 101 valence electrons. The number of benzene rings is 2. The van der Waals surface area contributed by atoms with Crippen molar-refractivity contribution in [3.8, 4) is 5.75 Å². The Kier molecular flexibility index (Phi) is 6.72. The largest absolute Gasteiger partial charge is 0.699 e. The normalized spacial score (nSPS) is 9.45. The number of aromatic hydroxyl groups is 1. The quantitative estimate of drug-likeness (QED) is 0.629. The van der Waals surface area contributed by atoms with Crippen molar-refractivity contribution in [1.82, 2.24) is 4.98 Å². The summed E-state index contributed by atoms with van der Waals surface area (Å²) in [7, 11) is 0. The molecule has 0 bridgehead atoms. The molecule has 0 fully saturated rings. The number of aromatic amines is 1. The molecule has 4 N–H and O–H groups in total. The summed E-state index contributed by atoms with van der Waals surface area (Å²) < 4.78 is 0. The molecule has 0 unspecified atom stereocenters. The summed E-state index contributed by atoms with van der Waals surface area (Å²) in [4.78, 5) is 2.88. The van der Waals surface area contributed by atoms with Crippen LogP contribution in [0.1, 0.15) is 5.56 Å². The molecule has 4 nitrogen and oxygen atoms in total. The first-order valence-electron chi connectivity index (χ1n) is 5.87. The van der Waals surface area contributed by atoms with Gasteiger partial charge in [-0.2, -0.15) is 0 Å². The predicted molar refractivity (Wildman–Crippen MR) is 76.3 cm³/mol. The maximum atomic E-state index is 9.22. The van der Waals surface area contributed by atoms with Gasteiger partial charge in [0.2, 0.25) is 0 Å². The molecule has 0 saturated heterocycles. The summed E-state index contributed by atoms with van der Waals surface area (Å²) in [5, 5.41) is 18.5. The number of fused-ring (bicyclic) bond motifs is 1. The minimum atomic E-state index is 0. The Morgan fingerprint density at radius 3 is 2.35 bits per heavy atom. The molecule has 0 aliphatic carbocycles. The van der Waals surface area contributed by atoms with Gasteiger partial charge in [0, 0.05) is 49.8 Å². The van der Waals surface area contributed by atoms with Crippen LogP contribution in [0, 0.1) is 0 Å². The SMILES string of the molecule is OCc1ccccc1.[NH-]c1ccc2[nH]cc(O)c2c1.[Y]. The molecule has 0 spiro atoms. The number of rotatable bonds is 1. The van der Waals surface area contributed by atoms with Gasteiger partial charge in [-0.05, 0) is 11.6 Å². The van der Waals surface area contributed by atoms with Crippen molar-refractivity contribution in [3.05, 3.63) is 66.0 Å². The number of nitrogens with one attached hydrogen (secondary N) is 2. The van der Waals surface area contributed by atoms with E-state index in [-0.39, 0.29) is 45.1 Å². The van der Waals surface area contributed by atoms with Crippen molar-refractivity contribution >= 4 is 16.6 Å². The van der Waals surface area contributed by atoms with E-state index in [0.717, 1.165) is 11.1 Å². The number of aliphatic hydroxyl groups excluding tert-OH is 1. The molecule has 5 heteroatoms. The topological polar surface area (TPSA) is 80.0 Å². The second kappa shape index (κ2) is 8.05. The van der Waals surface area contributed by atoms with Crippen LogP contribution in [0.15, 0.2) is 54.7 Å². The van der Waals surface area contributed by atoms with Crippen molar-refractivity contribution in [2.75, 3.05) is 0 Å². The Labute approximate surface area is 142 Å². The fourth-order valence-electron chi connectivity index (χ4n) is 1.69. The molecule has 1 aromatic heterocycles. The first-order chi connectivity index (χ1) is 9.20. The van der Waals surface area contributed by atoms with Crippen LogP contribution in [0.25, 0.3) is 16.6 Å². The molecular weight excluding hydrogens is 329 g/mol. The van der Waals surface area contributed by atoms with Gasteiger partial charge >= 0.3 is 0 Å². The third kappa shape index (κ3) is 4.34. The molecule has 3 rings (SSSR count). The van der Waals surface area contributed by atoms with E-state index in [9.17, 15) is 5.11 Å². The van der Waals surface area contributed by atoms with Gasteiger partial charge in [-0.1, -0.05) is 42.5 Å². The molecule has 0 aliphatic rings. The van der Waals surface area contributed by atoms with E-state index in [1.807, 2.05) is 30.3 Å². The van der Waals surface area contributed by atoms with Crippen LogP contribution in [-0.4, -0.2) is 15.2 Å². The fraction of sp³-hybridized carbons (Fsp3) is 0.0667. The summed E-state index contributed by atoms with van der Waals surface area (Å²) in [6, 6.07) is 14.6. The van der Waals surface area contributed by atoms with Crippen LogP contribution in [0.5, 0.6) is 5.75 Å². The fourth-order valence-corrected chi connectivity index (χ4v) is 1.69. The number of H-pyrrole nitrogens is 1. The molecule has 0 atom stereocenters. The van der Waals surface area contributed by atoms with E-state index in [2.05, 4.69) is 4.98 Å². The van der Waals surface area contributed by atoms with Crippen molar-refractivity contribution in [3.63, 3.8) is 0 Å². The van der Waals surface area contributed by atoms with Gasteiger partial charge in [0.1, 0.15) is 5.75 Å². The maximum Gasteiger partial charge on any atom is 0.140 e. The average Bonchev–Trinajstić information content (AvgIpc) is 2.82. The average molecular weight is 344 g/mol. The summed E-state index contributed by atoms with van der Waals surface area (Å²) >= 11 is 0. The zero-order chi connectivity index (χ0) is 13.7.